The lowest BCUT2D eigenvalue weighted by Gasteiger charge is -2.38. The van der Waals surface area contributed by atoms with Crippen LogP contribution < -0.4 is 9.47 Å². The first kappa shape index (κ1) is 20.9. The van der Waals surface area contributed by atoms with Gasteiger partial charge in [-0.05, 0) is 59.6 Å². The van der Waals surface area contributed by atoms with Crippen molar-refractivity contribution in [1.29, 1.82) is 0 Å². The van der Waals surface area contributed by atoms with Crippen LogP contribution in [0.4, 0.5) is 0 Å². The van der Waals surface area contributed by atoms with Crippen LogP contribution >= 0.6 is 8.58 Å². The van der Waals surface area contributed by atoms with Crippen molar-refractivity contribution >= 4 is 19.8 Å². The molecule has 2 atom stereocenters. The van der Waals surface area contributed by atoms with E-state index in [4.69, 9.17) is 9.47 Å². The molecular formula is C24H29N2O3P. The van der Waals surface area contributed by atoms with Gasteiger partial charge in [0.25, 0.3) is 5.91 Å². The number of fused-ring (bicyclic) bond motifs is 1. The maximum absolute atomic E-state index is 13.1. The van der Waals surface area contributed by atoms with Gasteiger partial charge in [0, 0.05) is 25.4 Å². The molecular weight excluding hydrogens is 395 g/mol. The second-order valence-corrected chi connectivity index (χ2v) is 9.19. The Hall–Kier alpha value is -2.36. The molecule has 0 bridgehead atoms. The number of hydrogen-bond acceptors (Lipinski definition) is 4. The predicted octanol–water partition coefficient (Wildman–Crippen LogP) is 4.39. The van der Waals surface area contributed by atoms with E-state index in [1.165, 1.54) is 16.7 Å². The van der Waals surface area contributed by atoms with Crippen LogP contribution in [0.5, 0.6) is 11.5 Å². The molecule has 1 aromatic carbocycles. The summed E-state index contributed by atoms with van der Waals surface area (Å²) >= 11 is 0. The standard InChI is InChI=1S/C24H29N2O3P/c1-5-16-12-19(17-8-10-25(2)11-9-17)15-26-23(27)14-22(30-24(16)26)18-6-7-20(28-3)21(13-18)29-4/h6-8,12-15,24,30H,5,9-11H2,1-4H3. The van der Waals surface area contributed by atoms with Gasteiger partial charge in [0.15, 0.2) is 11.5 Å². The Kier molecular flexibility index (Phi) is 6.12. The monoisotopic (exact) mass is 424 g/mol. The van der Waals surface area contributed by atoms with Crippen LogP contribution in [0.25, 0.3) is 5.31 Å². The lowest BCUT2D eigenvalue weighted by molar-refractivity contribution is -0.123. The average molecular weight is 424 g/mol. The average Bonchev–Trinajstić information content (AvgIpc) is 2.78. The largest absolute Gasteiger partial charge is 0.493 e. The lowest BCUT2D eigenvalue weighted by Crippen LogP contribution is -2.38. The minimum atomic E-state index is 0.0496. The minimum Gasteiger partial charge on any atom is -0.493 e. The molecule has 158 valence electrons. The third kappa shape index (κ3) is 3.97. The van der Waals surface area contributed by atoms with Crippen LogP contribution in [0.1, 0.15) is 25.3 Å². The Bertz CT molecular complexity index is 977. The van der Waals surface area contributed by atoms with E-state index < -0.39 is 0 Å². The van der Waals surface area contributed by atoms with Crippen LogP contribution in [-0.4, -0.2) is 55.8 Å². The van der Waals surface area contributed by atoms with E-state index in [1.807, 2.05) is 23.1 Å². The first-order chi connectivity index (χ1) is 14.5. The molecule has 30 heavy (non-hydrogen) atoms. The number of rotatable bonds is 5. The Morgan fingerprint density at radius 2 is 1.97 bits per heavy atom. The zero-order valence-corrected chi connectivity index (χ0v) is 19.1. The van der Waals surface area contributed by atoms with Gasteiger partial charge >= 0.3 is 0 Å². The van der Waals surface area contributed by atoms with E-state index in [0.29, 0.717) is 20.1 Å². The summed E-state index contributed by atoms with van der Waals surface area (Å²) in [4.78, 5) is 17.4. The van der Waals surface area contributed by atoms with Gasteiger partial charge < -0.3 is 19.3 Å². The van der Waals surface area contributed by atoms with E-state index in [0.717, 1.165) is 36.8 Å². The van der Waals surface area contributed by atoms with Crippen molar-refractivity contribution in [2.24, 2.45) is 0 Å². The smallest absolute Gasteiger partial charge is 0.252 e. The first-order valence-corrected chi connectivity index (χ1v) is 11.4. The number of amides is 1. The highest BCUT2D eigenvalue weighted by molar-refractivity contribution is 7.51. The number of carbonyl (C=O) groups is 1. The molecule has 0 fully saturated rings. The number of hydrogen-bond donors (Lipinski definition) is 0. The van der Waals surface area contributed by atoms with Gasteiger partial charge in [0.1, 0.15) is 0 Å². The molecule has 0 radical (unpaired) electrons. The molecule has 0 N–H and O–H groups in total. The second-order valence-electron chi connectivity index (χ2n) is 7.82. The molecule has 0 saturated heterocycles. The first-order valence-electron chi connectivity index (χ1n) is 10.4. The molecule has 1 amide bonds. The van der Waals surface area contributed by atoms with Crippen molar-refractivity contribution in [3.05, 3.63) is 64.9 Å². The van der Waals surface area contributed by atoms with Crippen LogP contribution in [0.2, 0.25) is 0 Å². The van der Waals surface area contributed by atoms with Gasteiger partial charge in [-0.2, -0.15) is 0 Å². The number of allylic oxidation sites excluding steroid dienone is 2. The molecule has 6 heteroatoms. The summed E-state index contributed by atoms with van der Waals surface area (Å²) < 4.78 is 10.8. The quantitative estimate of drug-likeness (QED) is 0.658. The summed E-state index contributed by atoms with van der Waals surface area (Å²) in [5, 5.41) is 1.07. The molecule has 0 saturated carbocycles. The Morgan fingerprint density at radius 3 is 2.63 bits per heavy atom. The van der Waals surface area contributed by atoms with Gasteiger partial charge in [-0.3, -0.25) is 4.79 Å². The van der Waals surface area contributed by atoms with Crippen molar-refractivity contribution in [3.63, 3.8) is 0 Å². The number of nitrogens with zero attached hydrogens (tertiary/aromatic N) is 2. The Morgan fingerprint density at radius 1 is 1.17 bits per heavy atom. The Balaban J connectivity index is 1.66. The number of likely N-dealkylation sites (N-methyl/N-ethyl adjacent to an activating group) is 1. The van der Waals surface area contributed by atoms with Crippen molar-refractivity contribution in [2.45, 2.75) is 25.5 Å². The molecule has 1 aromatic rings. The summed E-state index contributed by atoms with van der Waals surface area (Å²) in [5.41, 5.74) is 4.88. The molecule has 0 aliphatic carbocycles. The molecule has 3 heterocycles. The highest BCUT2D eigenvalue weighted by Crippen LogP contribution is 2.49. The molecule has 3 aliphatic heterocycles. The summed E-state index contributed by atoms with van der Waals surface area (Å²) in [6.07, 6.45) is 10.4. The van der Waals surface area contributed by atoms with Gasteiger partial charge in [-0.15, -0.1) is 0 Å². The summed E-state index contributed by atoms with van der Waals surface area (Å²) in [6.45, 7) is 4.20. The summed E-state index contributed by atoms with van der Waals surface area (Å²) in [7, 11) is 5.90. The fraction of sp³-hybridized carbons (Fsp3) is 0.375. The zero-order valence-electron chi connectivity index (χ0n) is 18.1. The van der Waals surface area contributed by atoms with Crippen LogP contribution in [0.3, 0.4) is 0 Å². The van der Waals surface area contributed by atoms with Crippen molar-refractivity contribution < 1.29 is 14.3 Å². The number of benzene rings is 1. The number of methoxy groups -OCH3 is 2. The van der Waals surface area contributed by atoms with E-state index in [2.05, 4.69) is 37.2 Å². The van der Waals surface area contributed by atoms with E-state index in [-0.39, 0.29) is 11.7 Å². The van der Waals surface area contributed by atoms with E-state index >= 15 is 0 Å². The lowest BCUT2D eigenvalue weighted by atomic mass is 9.95. The maximum atomic E-state index is 13.1. The fourth-order valence-corrected chi connectivity index (χ4v) is 5.77. The predicted molar refractivity (Wildman–Crippen MR) is 123 cm³/mol. The topological polar surface area (TPSA) is 42.0 Å². The molecule has 4 rings (SSSR count). The third-order valence-electron chi connectivity index (χ3n) is 5.95. The van der Waals surface area contributed by atoms with Crippen LogP contribution in [-0.2, 0) is 4.79 Å². The van der Waals surface area contributed by atoms with Gasteiger partial charge in [-0.1, -0.05) is 33.7 Å². The molecule has 3 aliphatic rings. The normalized spacial score (nSPS) is 22.7. The van der Waals surface area contributed by atoms with Crippen molar-refractivity contribution in [3.8, 4) is 11.5 Å². The second kappa shape index (κ2) is 8.79. The molecule has 2 unspecified atom stereocenters. The van der Waals surface area contributed by atoms with Crippen LogP contribution in [0.15, 0.2) is 59.3 Å². The minimum absolute atomic E-state index is 0.0496. The molecule has 5 nitrogen and oxygen atoms in total. The highest BCUT2D eigenvalue weighted by atomic mass is 31.1. The number of ether oxygens (including phenoxy) is 2. The molecule has 0 spiro atoms. The SMILES string of the molecule is CCC1=CC(C2=CCN(C)CC2)=CN2C(=O)C=C(c3ccc(OC)c(OC)c3)PC12. The van der Waals surface area contributed by atoms with Crippen molar-refractivity contribution in [1.82, 2.24) is 9.80 Å². The summed E-state index contributed by atoms with van der Waals surface area (Å²) in [6, 6.07) is 5.87. The third-order valence-corrected chi connectivity index (χ3v) is 7.62. The van der Waals surface area contributed by atoms with E-state index in [1.54, 1.807) is 20.3 Å². The Labute approximate surface area is 180 Å². The fourth-order valence-electron chi connectivity index (χ4n) is 4.13. The van der Waals surface area contributed by atoms with Gasteiger partial charge in [0.2, 0.25) is 0 Å². The zero-order chi connectivity index (χ0) is 21.3. The maximum Gasteiger partial charge on any atom is 0.252 e. The van der Waals surface area contributed by atoms with Gasteiger partial charge in [-0.25, -0.2) is 0 Å². The van der Waals surface area contributed by atoms with Crippen LogP contribution in [0, 0.1) is 0 Å². The molecule has 0 aromatic heterocycles. The number of carbonyl (C=O) groups excluding carboxylic acids is 1. The van der Waals surface area contributed by atoms with E-state index in [9.17, 15) is 4.79 Å². The van der Waals surface area contributed by atoms with Gasteiger partial charge in [0.05, 0.1) is 20.0 Å². The summed E-state index contributed by atoms with van der Waals surface area (Å²) in [5.74, 6) is 1.53. The highest BCUT2D eigenvalue weighted by Gasteiger charge is 2.33. The van der Waals surface area contributed by atoms with Crippen molar-refractivity contribution in [2.75, 3.05) is 34.4 Å².